The van der Waals surface area contributed by atoms with Gasteiger partial charge in [-0.1, -0.05) is 66.0 Å². The van der Waals surface area contributed by atoms with E-state index in [1.807, 2.05) is 0 Å². The Kier molecular flexibility index (Phi) is 6.75. The summed E-state index contributed by atoms with van der Waals surface area (Å²) in [5.74, 6) is 4.99. The topological polar surface area (TPSA) is 40.5 Å². The van der Waals surface area contributed by atoms with Crippen LogP contribution in [0.5, 0.6) is 0 Å². The van der Waals surface area contributed by atoms with Crippen LogP contribution in [0.25, 0.3) is 0 Å². The molecule has 3 saturated carbocycles. The van der Waals surface area contributed by atoms with Crippen molar-refractivity contribution in [1.82, 2.24) is 0 Å². The van der Waals surface area contributed by atoms with Crippen molar-refractivity contribution in [3.8, 4) is 0 Å². The van der Waals surface area contributed by atoms with Crippen molar-refractivity contribution < 1.29 is 10.2 Å². The van der Waals surface area contributed by atoms with Gasteiger partial charge in [0.25, 0.3) is 0 Å². The summed E-state index contributed by atoms with van der Waals surface area (Å²) < 4.78 is 0. The number of fused-ring (bicyclic) bond motifs is 5. The number of aliphatic hydroxyl groups excluding tert-OH is 2. The van der Waals surface area contributed by atoms with E-state index in [2.05, 4.69) is 47.6 Å². The lowest BCUT2D eigenvalue weighted by molar-refractivity contribution is -0.0972. The van der Waals surface area contributed by atoms with Crippen LogP contribution in [-0.4, -0.2) is 22.4 Å². The van der Waals surface area contributed by atoms with Crippen molar-refractivity contribution in [2.75, 3.05) is 0 Å². The molecular weight excluding hydrogens is 380 g/mol. The molecule has 31 heavy (non-hydrogen) atoms. The van der Waals surface area contributed by atoms with Crippen LogP contribution in [0.3, 0.4) is 0 Å². The first kappa shape index (κ1) is 23.8. The second-order valence-electron chi connectivity index (χ2n) is 13.0. The summed E-state index contributed by atoms with van der Waals surface area (Å²) in [4.78, 5) is 0. The van der Waals surface area contributed by atoms with E-state index in [4.69, 9.17) is 0 Å². The van der Waals surface area contributed by atoms with Crippen LogP contribution < -0.4 is 0 Å². The van der Waals surface area contributed by atoms with Gasteiger partial charge in [0.1, 0.15) is 0 Å². The van der Waals surface area contributed by atoms with Crippen molar-refractivity contribution in [3.63, 3.8) is 0 Å². The molecule has 10 atom stereocenters. The Hall–Kier alpha value is -0.340. The van der Waals surface area contributed by atoms with E-state index < -0.39 is 0 Å². The van der Waals surface area contributed by atoms with Crippen LogP contribution in [0.1, 0.15) is 106 Å². The first-order chi connectivity index (χ1) is 14.6. The van der Waals surface area contributed by atoms with Gasteiger partial charge in [0.15, 0.2) is 0 Å². The molecule has 178 valence electrons. The summed E-state index contributed by atoms with van der Waals surface area (Å²) >= 11 is 0. The summed E-state index contributed by atoms with van der Waals surface area (Å²) in [6.07, 6.45) is 13.9. The predicted molar refractivity (Wildman–Crippen MR) is 130 cm³/mol. The molecule has 0 amide bonds. The highest BCUT2D eigenvalue weighted by molar-refractivity contribution is 5.27. The Labute approximate surface area is 192 Å². The monoisotopic (exact) mass is 430 g/mol. The number of aliphatic hydroxyl groups is 2. The molecule has 0 aromatic carbocycles. The van der Waals surface area contributed by atoms with Crippen LogP contribution >= 0.6 is 0 Å². The molecular formula is C29H50O2. The molecule has 4 aliphatic carbocycles. The first-order valence-corrected chi connectivity index (χ1v) is 13.7. The van der Waals surface area contributed by atoms with Gasteiger partial charge < -0.3 is 10.2 Å². The van der Waals surface area contributed by atoms with Crippen molar-refractivity contribution in [2.45, 2.75) is 118 Å². The largest absolute Gasteiger partial charge is 0.393 e. The van der Waals surface area contributed by atoms with E-state index in [9.17, 15) is 10.2 Å². The minimum absolute atomic E-state index is 0.202. The second kappa shape index (κ2) is 8.79. The van der Waals surface area contributed by atoms with Crippen LogP contribution in [0, 0.1) is 52.3 Å². The minimum Gasteiger partial charge on any atom is -0.393 e. The number of hydrogen-bond donors (Lipinski definition) is 2. The zero-order valence-corrected chi connectivity index (χ0v) is 21.2. The van der Waals surface area contributed by atoms with Crippen molar-refractivity contribution in [2.24, 2.45) is 52.3 Å². The van der Waals surface area contributed by atoms with Crippen molar-refractivity contribution >= 4 is 0 Å². The van der Waals surface area contributed by atoms with Gasteiger partial charge in [-0.05, 0) is 104 Å². The molecule has 0 heterocycles. The molecule has 0 aromatic heterocycles. The third-order valence-corrected chi connectivity index (χ3v) is 11.3. The van der Waals surface area contributed by atoms with Crippen molar-refractivity contribution in [1.29, 1.82) is 0 Å². The quantitative estimate of drug-likeness (QED) is 0.446. The van der Waals surface area contributed by atoms with Crippen LogP contribution in [0.2, 0.25) is 0 Å². The van der Waals surface area contributed by atoms with Gasteiger partial charge in [-0.3, -0.25) is 0 Å². The summed E-state index contributed by atoms with van der Waals surface area (Å²) in [5.41, 5.74) is 1.97. The third-order valence-electron chi connectivity index (χ3n) is 11.3. The number of rotatable bonds is 6. The molecule has 0 saturated heterocycles. The third kappa shape index (κ3) is 3.96. The van der Waals surface area contributed by atoms with Gasteiger partial charge in [0.2, 0.25) is 0 Å². The smallest absolute Gasteiger partial charge is 0.0757 e. The van der Waals surface area contributed by atoms with Crippen LogP contribution in [0.4, 0.5) is 0 Å². The van der Waals surface area contributed by atoms with Gasteiger partial charge in [-0.15, -0.1) is 0 Å². The van der Waals surface area contributed by atoms with E-state index >= 15 is 0 Å². The first-order valence-electron chi connectivity index (χ1n) is 13.7. The van der Waals surface area contributed by atoms with Gasteiger partial charge in [0.05, 0.1) is 12.2 Å². The molecule has 2 nitrogen and oxygen atoms in total. The SMILES string of the molecule is CC[C@H](CC[C@@H](C)[C@H]1CC[C@@H]2[C@H]3[C@H](O)C=C4C[C@@H](O)CC[C@]4(C)[C@H]3CC[C@@]21C)C(C)C. The van der Waals surface area contributed by atoms with E-state index in [0.29, 0.717) is 23.2 Å². The summed E-state index contributed by atoms with van der Waals surface area (Å²) in [6.45, 7) is 14.7. The molecule has 4 rings (SSSR count). The minimum atomic E-state index is -0.303. The van der Waals surface area contributed by atoms with Gasteiger partial charge in [0, 0.05) is 0 Å². The zero-order chi connectivity index (χ0) is 22.6. The van der Waals surface area contributed by atoms with E-state index in [1.54, 1.807) is 0 Å². The molecule has 0 radical (unpaired) electrons. The van der Waals surface area contributed by atoms with E-state index in [-0.39, 0.29) is 17.6 Å². The maximum Gasteiger partial charge on any atom is 0.0757 e. The Morgan fingerprint density at radius 1 is 0.968 bits per heavy atom. The fourth-order valence-corrected chi connectivity index (χ4v) is 9.29. The lowest BCUT2D eigenvalue weighted by atomic mass is 9.46. The summed E-state index contributed by atoms with van der Waals surface area (Å²) in [7, 11) is 0. The Balaban J connectivity index is 1.52. The molecule has 0 aromatic rings. The van der Waals surface area contributed by atoms with Gasteiger partial charge in [-0.2, -0.15) is 0 Å². The lowest BCUT2D eigenvalue weighted by Crippen LogP contribution is -2.54. The summed E-state index contributed by atoms with van der Waals surface area (Å²) in [5, 5.41) is 21.6. The predicted octanol–water partition coefficient (Wildman–Crippen LogP) is 7.00. The summed E-state index contributed by atoms with van der Waals surface area (Å²) in [6, 6.07) is 0. The van der Waals surface area contributed by atoms with Crippen molar-refractivity contribution in [3.05, 3.63) is 11.6 Å². The number of hydrogen-bond acceptors (Lipinski definition) is 2. The highest BCUT2D eigenvalue weighted by Gasteiger charge is 2.61. The lowest BCUT2D eigenvalue weighted by Gasteiger charge is -2.59. The van der Waals surface area contributed by atoms with Crippen LogP contribution in [-0.2, 0) is 0 Å². The normalized spacial score (nSPS) is 46.7. The maximum absolute atomic E-state index is 11.3. The molecule has 0 aliphatic heterocycles. The average molecular weight is 431 g/mol. The average Bonchev–Trinajstić information content (AvgIpc) is 3.06. The van der Waals surface area contributed by atoms with Gasteiger partial charge in [-0.25, -0.2) is 0 Å². The molecule has 3 fully saturated rings. The Morgan fingerprint density at radius 2 is 1.71 bits per heavy atom. The zero-order valence-electron chi connectivity index (χ0n) is 21.2. The second-order valence-corrected chi connectivity index (χ2v) is 13.0. The Bertz CT molecular complexity index is 668. The molecule has 2 heteroatoms. The van der Waals surface area contributed by atoms with E-state index in [1.165, 1.54) is 50.5 Å². The van der Waals surface area contributed by atoms with Gasteiger partial charge >= 0.3 is 0 Å². The Morgan fingerprint density at radius 3 is 2.39 bits per heavy atom. The molecule has 0 unspecified atom stereocenters. The van der Waals surface area contributed by atoms with Crippen LogP contribution in [0.15, 0.2) is 11.6 Å². The molecule has 0 bridgehead atoms. The fraction of sp³-hybridized carbons (Fsp3) is 0.931. The molecule has 2 N–H and O–H groups in total. The maximum atomic E-state index is 11.3. The fourth-order valence-electron chi connectivity index (χ4n) is 9.29. The molecule has 4 aliphatic rings. The molecule has 0 spiro atoms. The highest BCUT2D eigenvalue weighted by atomic mass is 16.3. The standard InChI is InChI=1S/C29H50O2/c1-7-20(18(2)3)9-8-19(4)23-10-11-24-27-25(13-15-29(23,24)6)28(5)14-12-22(30)16-21(28)17-26(27)31/h17-20,22-27,30-31H,7-16H2,1-6H3/t19-,20-,22+,23-,24-,25+,26-,27-,28+,29-/m1/s1. The van der Waals surface area contributed by atoms with E-state index in [0.717, 1.165) is 42.9 Å². The highest BCUT2D eigenvalue weighted by Crippen LogP contribution is 2.67.